The average Bonchev–Trinajstić information content (AvgIpc) is 3.27. The number of benzene rings is 1. The first kappa shape index (κ1) is 26.4. The second kappa shape index (κ2) is 13.0. The van der Waals surface area contributed by atoms with Crippen molar-refractivity contribution in [3.05, 3.63) is 23.9 Å². The first-order valence-electron chi connectivity index (χ1n) is 11.9. The van der Waals surface area contributed by atoms with E-state index < -0.39 is 0 Å². The van der Waals surface area contributed by atoms with Crippen LogP contribution in [0.1, 0.15) is 44.5 Å². The second-order valence-electron chi connectivity index (χ2n) is 7.45. The van der Waals surface area contributed by atoms with Gasteiger partial charge in [0.25, 0.3) is 5.91 Å². The van der Waals surface area contributed by atoms with Gasteiger partial charge in [0.2, 0.25) is 5.75 Å². The lowest BCUT2D eigenvalue weighted by atomic mass is 10.1. The maximum absolute atomic E-state index is 13.0. The summed E-state index contributed by atoms with van der Waals surface area (Å²) < 4.78 is 18.9. The summed E-state index contributed by atoms with van der Waals surface area (Å²) in [5, 5.41) is 12.3. The van der Waals surface area contributed by atoms with Gasteiger partial charge in [-0.3, -0.25) is 4.79 Å². The van der Waals surface area contributed by atoms with Gasteiger partial charge in [0, 0.05) is 18.7 Å². The van der Waals surface area contributed by atoms with Gasteiger partial charge in [-0.05, 0) is 45.6 Å². The minimum atomic E-state index is -0.240. The maximum atomic E-state index is 13.0. The Bertz CT molecular complexity index is 1110. The van der Waals surface area contributed by atoms with E-state index in [2.05, 4.69) is 32.6 Å². The highest BCUT2D eigenvalue weighted by Crippen LogP contribution is 2.39. The second-order valence-corrected chi connectivity index (χ2v) is 8.22. The Morgan fingerprint density at radius 2 is 1.69 bits per heavy atom. The van der Waals surface area contributed by atoms with Gasteiger partial charge in [-0.25, -0.2) is 14.6 Å². The molecule has 3 rings (SSSR count). The number of hydrogen-bond donors (Lipinski definition) is 2. The standard InChI is InChI=1S/C24H34N6O4S/c1-6-10-25-21-17-15-27-30(22(17)29-24(28-21)35-5)12-11-26-23(31)16-13-18(32-7-2)20(34-9-4)19(14-16)33-8-3/h13-15H,6-12H2,1-5H3,(H,26,31)(H,25,28,29). The molecule has 10 nitrogen and oxygen atoms in total. The molecule has 0 atom stereocenters. The van der Waals surface area contributed by atoms with E-state index in [1.807, 2.05) is 27.0 Å². The molecule has 0 aliphatic heterocycles. The molecule has 0 unspecified atom stereocenters. The van der Waals surface area contributed by atoms with Crippen LogP contribution in [0, 0.1) is 0 Å². The smallest absolute Gasteiger partial charge is 0.251 e. The zero-order valence-corrected chi connectivity index (χ0v) is 21.8. The van der Waals surface area contributed by atoms with E-state index in [0.29, 0.717) is 60.9 Å². The molecule has 0 saturated carbocycles. The van der Waals surface area contributed by atoms with Gasteiger partial charge in [0.15, 0.2) is 22.3 Å². The largest absolute Gasteiger partial charge is 0.490 e. The molecular weight excluding hydrogens is 468 g/mol. The van der Waals surface area contributed by atoms with Gasteiger partial charge in [-0.15, -0.1) is 0 Å². The fourth-order valence-corrected chi connectivity index (χ4v) is 3.83. The summed E-state index contributed by atoms with van der Waals surface area (Å²) in [4.78, 5) is 22.2. The van der Waals surface area contributed by atoms with Gasteiger partial charge in [0.05, 0.1) is 37.9 Å². The van der Waals surface area contributed by atoms with Gasteiger partial charge in [0.1, 0.15) is 5.82 Å². The van der Waals surface area contributed by atoms with Crippen LogP contribution in [0.2, 0.25) is 0 Å². The summed E-state index contributed by atoms with van der Waals surface area (Å²) in [6, 6.07) is 3.36. The lowest BCUT2D eigenvalue weighted by molar-refractivity contribution is 0.0951. The van der Waals surface area contributed by atoms with Crippen LogP contribution in [0.3, 0.4) is 0 Å². The number of anilines is 1. The summed E-state index contributed by atoms with van der Waals surface area (Å²) in [5.74, 6) is 2.01. The van der Waals surface area contributed by atoms with Gasteiger partial charge in [-0.1, -0.05) is 18.7 Å². The zero-order chi connectivity index (χ0) is 25.2. The molecule has 35 heavy (non-hydrogen) atoms. The predicted octanol–water partition coefficient (Wildman–Crippen LogP) is 4.00. The monoisotopic (exact) mass is 502 g/mol. The minimum Gasteiger partial charge on any atom is -0.490 e. The normalized spacial score (nSPS) is 10.9. The lowest BCUT2D eigenvalue weighted by Gasteiger charge is -2.17. The molecule has 0 aliphatic rings. The maximum Gasteiger partial charge on any atom is 0.251 e. The number of carbonyl (C=O) groups excluding carboxylic acids is 1. The summed E-state index contributed by atoms with van der Waals surface area (Å²) in [6.45, 7) is 10.7. The summed E-state index contributed by atoms with van der Waals surface area (Å²) in [5.41, 5.74) is 1.17. The quantitative estimate of drug-likeness (QED) is 0.249. The Morgan fingerprint density at radius 1 is 1.00 bits per heavy atom. The zero-order valence-electron chi connectivity index (χ0n) is 21.0. The van der Waals surface area contributed by atoms with E-state index in [1.54, 1.807) is 23.0 Å². The number of hydrogen-bond acceptors (Lipinski definition) is 9. The first-order chi connectivity index (χ1) is 17.1. The Hall–Kier alpha value is -3.21. The van der Waals surface area contributed by atoms with Crippen LogP contribution in [0.5, 0.6) is 17.2 Å². The minimum absolute atomic E-state index is 0.240. The summed E-state index contributed by atoms with van der Waals surface area (Å²) in [6.07, 6.45) is 4.69. The number of nitrogens with zero attached hydrogens (tertiary/aromatic N) is 4. The highest BCUT2D eigenvalue weighted by Gasteiger charge is 2.19. The molecule has 2 N–H and O–H groups in total. The third-order valence-corrected chi connectivity index (χ3v) is 5.53. The molecule has 2 aromatic heterocycles. The number of carbonyl (C=O) groups is 1. The molecule has 3 aromatic rings. The molecular formula is C24H34N6O4S. The van der Waals surface area contributed by atoms with Crippen LogP contribution in [0.15, 0.2) is 23.5 Å². The van der Waals surface area contributed by atoms with Crippen LogP contribution >= 0.6 is 11.8 Å². The van der Waals surface area contributed by atoms with E-state index in [9.17, 15) is 4.79 Å². The third kappa shape index (κ3) is 6.47. The van der Waals surface area contributed by atoms with Gasteiger partial charge in [-0.2, -0.15) is 5.10 Å². The first-order valence-corrected chi connectivity index (χ1v) is 13.1. The SMILES string of the molecule is CCCNc1nc(SC)nc2c1cnn2CCNC(=O)c1cc(OCC)c(OCC)c(OCC)c1. The average molecular weight is 503 g/mol. The summed E-state index contributed by atoms with van der Waals surface area (Å²) in [7, 11) is 0. The van der Waals surface area contributed by atoms with E-state index in [4.69, 9.17) is 14.2 Å². The highest BCUT2D eigenvalue weighted by molar-refractivity contribution is 7.98. The van der Waals surface area contributed by atoms with Crippen molar-refractivity contribution in [1.29, 1.82) is 0 Å². The predicted molar refractivity (Wildman–Crippen MR) is 138 cm³/mol. The van der Waals surface area contributed by atoms with E-state index >= 15 is 0 Å². The van der Waals surface area contributed by atoms with Crippen LogP contribution in [-0.4, -0.2) is 64.8 Å². The number of aromatic nitrogens is 4. The number of nitrogens with one attached hydrogen (secondary N) is 2. The molecule has 190 valence electrons. The van der Waals surface area contributed by atoms with Crippen LogP contribution in [0.4, 0.5) is 5.82 Å². The number of ether oxygens (including phenoxy) is 3. The Morgan fingerprint density at radius 3 is 2.29 bits per heavy atom. The van der Waals surface area contributed by atoms with Crippen molar-refractivity contribution in [3.63, 3.8) is 0 Å². The summed E-state index contributed by atoms with van der Waals surface area (Å²) >= 11 is 1.48. The third-order valence-electron chi connectivity index (χ3n) is 4.98. The molecule has 11 heteroatoms. The number of fused-ring (bicyclic) bond motifs is 1. The highest BCUT2D eigenvalue weighted by atomic mass is 32.2. The Kier molecular flexibility index (Phi) is 9.83. The lowest BCUT2D eigenvalue weighted by Crippen LogP contribution is -2.27. The Labute approximate surface area is 210 Å². The van der Waals surface area contributed by atoms with Gasteiger partial charge < -0.3 is 24.8 Å². The molecule has 0 saturated heterocycles. The number of thioether (sulfide) groups is 1. The fourth-order valence-electron chi connectivity index (χ4n) is 3.47. The molecule has 1 aromatic carbocycles. The van der Waals surface area contributed by atoms with E-state index in [-0.39, 0.29) is 5.91 Å². The van der Waals surface area contributed by atoms with Crippen molar-refractivity contribution in [2.45, 2.75) is 45.8 Å². The number of rotatable bonds is 14. The van der Waals surface area contributed by atoms with E-state index in [0.717, 1.165) is 29.8 Å². The molecule has 0 aliphatic carbocycles. The molecule has 0 bridgehead atoms. The number of amides is 1. The van der Waals surface area contributed by atoms with Crippen molar-refractivity contribution in [3.8, 4) is 17.2 Å². The molecule has 2 heterocycles. The fraction of sp³-hybridized carbons (Fsp3) is 0.500. The van der Waals surface area contributed by atoms with Crippen molar-refractivity contribution < 1.29 is 19.0 Å². The molecule has 0 fully saturated rings. The molecule has 0 radical (unpaired) electrons. The van der Waals surface area contributed by atoms with Gasteiger partial charge >= 0.3 is 0 Å². The van der Waals surface area contributed by atoms with Crippen molar-refractivity contribution in [2.24, 2.45) is 0 Å². The van der Waals surface area contributed by atoms with Crippen molar-refractivity contribution in [1.82, 2.24) is 25.1 Å². The van der Waals surface area contributed by atoms with Crippen LogP contribution in [-0.2, 0) is 6.54 Å². The Balaban J connectivity index is 1.76. The van der Waals surface area contributed by atoms with Crippen molar-refractivity contribution >= 4 is 34.5 Å². The van der Waals surface area contributed by atoms with E-state index in [1.165, 1.54) is 11.8 Å². The molecule has 1 amide bonds. The van der Waals surface area contributed by atoms with Crippen molar-refractivity contribution in [2.75, 3.05) is 44.5 Å². The molecule has 0 spiro atoms. The van der Waals surface area contributed by atoms with Crippen LogP contribution < -0.4 is 24.8 Å². The topological polar surface area (TPSA) is 112 Å². The van der Waals surface area contributed by atoms with Crippen LogP contribution in [0.25, 0.3) is 11.0 Å².